The van der Waals surface area contributed by atoms with Crippen LogP contribution < -0.4 is 0 Å². The first-order valence-corrected chi connectivity index (χ1v) is 12.6. The van der Waals surface area contributed by atoms with E-state index >= 15 is 4.39 Å². The highest BCUT2D eigenvalue weighted by Gasteiger charge is 2.18. The third-order valence-electron chi connectivity index (χ3n) is 6.74. The summed E-state index contributed by atoms with van der Waals surface area (Å²) in [5.41, 5.74) is 6.06. The molecule has 0 heterocycles. The van der Waals surface area contributed by atoms with E-state index in [2.05, 4.69) is 57.9 Å². The van der Waals surface area contributed by atoms with Crippen LogP contribution >= 0.6 is 0 Å². The molecule has 1 rings (SSSR count). The fourth-order valence-electron chi connectivity index (χ4n) is 3.95. The van der Waals surface area contributed by atoms with E-state index in [1.807, 2.05) is 38.4 Å². The highest BCUT2D eigenvalue weighted by Crippen LogP contribution is 2.33. The normalized spacial score (nSPS) is 14.0. The number of benzene rings is 1. The molecule has 1 atom stereocenters. The summed E-state index contributed by atoms with van der Waals surface area (Å²) in [6.07, 6.45) is 15.6. The summed E-state index contributed by atoms with van der Waals surface area (Å²) in [4.78, 5) is 14.4. The molecule has 0 saturated carbocycles. The summed E-state index contributed by atoms with van der Waals surface area (Å²) in [5, 5.41) is 0. The third kappa shape index (κ3) is 9.68. The van der Waals surface area contributed by atoms with Crippen molar-refractivity contribution in [3.63, 3.8) is 0 Å². The Morgan fingerprint density at radius 3 is 2.46 bits per heavy atom. The molecule has 0 bridgehead atoms. The van der Waals surface area contributed by atoms with Crippen LogP contribution in [0.2, 0.25) is 0 Å². The van der Waals surface area contributed by atoms with Crippen LogP contribution in [0.15, 0.2) is 84.7 Å². The van der Waals surface area contributed by atoms with Crippen LogP contribution in [0.5, 0.6) is 0 Å². The van der Waals surface area contributed by atoms with Crippen molar-refractivity contribution in [2.75, 3.05) is 7.05 Å². The van der Waals surface area contributed by atoms with Gasteiger partial charge < -0.3 is 4.90 Å². The summed E-state index contributed by atoms with van der Waals surface area (Å²) in [6.45, 7) is 18.0. The molecule has 0 aliphatic carbocycles. The van der Waals surface area contributed by atoms with Gasteiger partial charge in [-0.05, 0) is 100 Å². The molecule has 1 unspecified atom stereocenters. The van der Waals surface area contributed by atoms with Crippen molar-refractivity contribution in [1.29, 1.82) is 0 Å². The Kier molecular flexibility index (Phi) is 13.6. The lowest BCUT2D eigenvalue weighted by Crippen LogP contribution is -2.25. The number of hydrogen-bond donors (Lipinski definition) is 0. The maximum absolute atomic E-state index is 15.1. The van der Waals surface area contributed by atoms with Crippen LogP contribution in [0.4, 0.5) is 4.39 Å². The van der Waals surface area contributed by atoms with Gasteiger partial charge in [0.25, 0.3) is 0 Å². The van der Waals surface area contributed by atoms with Crippen LogP contribution in [0.25, 0.3) is 5.57 Å². The maximum atomic E-state index is 15.1. The molecular weight excluding hydrogens is 433 g/mol. The number of unbranched alkanes of at least 4 members (excludes halogenated alkanes) is 1. The molecule has 35 heavy (non-hydrogen) atoms. The quantitative estimate of drug-likeness (QED) is 0.186. The zero-order valence-electron chi connectivity index (χ0n) is 22.7. The summed E-state index contributed by atoms with van der Waals surface area (Å²) < 4.78 is 15.1. The van der Waals surface area contributed by atoms with E-state index < -0.39 is 0 Å². The third-order valence-corrected chi connectivity index (χ3v) is 6.74. The molecular formula is C32H44FNO. The van der Waals surface area contributed by atoms with Gasteiger partial charge in [0.1, 0.15) is 11.6 Å². The Hall–Kier alpha value is -2.94. The number of ketones is 1. The van der Waals surface area contributed by atoms with Crippen LogP contribution in [0.3, 0.4) is 0 Å². The first-order chi connectivity index (χ1) is 16.7. The standard InChI is InChI=1S/C32H44FNO/c1-9-12-13-14-15-18-28(35)19-16-21-30-29(20-17-22-32(30)33)31(23-24(4)10-2)26(6)25(5)27(7)34(8)11-3/h9-13,17,20,22-23,27H,1,3,14-16,18-19,21H2,2,4-8H3/b13-12-,24-10-,26-25+,31-23-. The molecule has 0 aliphatic heterocycles. The Bertz CT molecular complexity index is 993. The molecule has 0 aromatic heterocycles. The van der Waals surface area contributed by atoms with Crippen LogP contribution in [0, 0.1) is 5.82 Å². The lowest BCUT2D eigenvalue weighted by molar-refractivity contribution is -0.119. The van der Waals surface area contributed by atoms with Crippen LogP contribution in [-0.2, 0) is 11.2 Å². The Morgan fingerprint density at radius 1 is 1.14 bits per heavy atom. The molecule has 0 radical (unpaired) electrons. The summed E-state index contributed by atoms with van der Waals surface area (Å²) in [7, 11) is 2.01. The predicted octanol–water partition coefficient (Wildman–Crippen LogP) is 8.78. The molecule has 0 saturated heterocycles. The minimum absolute atomic E-state index is 0.165. The minimum Gasteiger partial charge on any atom is -0.375 e. The smallest absolute Gasteiger partial charge is 0.132 e. The van der Waals surface area contributed by atoms with Crippen molar-refractivity contribution in [2.45, 2.75) is 79.2 Å². The van der Waals surface area contributed by atoms with E-state index in [1.165, 1.54) is 11.6 Å². The van der Waals surface area contributed by atoms with E-state index in [0.29, 0.717) is 31.2 Å². The van der Waals surface area contributed by atoms with E-state index in [9.17, 15) is 4.79 Å². The van der Waals surface area contributed by atoms with Crippen LogP contribution in [0.1, 0.15) is 77.8 Å². The van der Waals surface area contributed by atoms with E-state index in [4.69, 9.17) is 0 Å². The van der Waals surface area contributed by atoms with E-state index in [1.54, 1.807) is 12.1 Å². The number of Topliss-reactive ketones (excluding diaryl/α,β-unsaturated/α-hetero) is 1. The highest BCUT2D eigenvalue weighted by atomic mass is 19.1. The SMILES string of the molecule is C=C/C=C\CCCC(=O)CCCc1c(F)cccc1C(=C\C(C)=C/C)/C(C)=C(\C)C(C)N(C)C=C. The molecule has 0 N–H and O–H groups in total. The van der Waals surface area contributed by atoms with E-state index in [0.717, 1.165) is 35.1 Å². The maximum Gasteiger partial charge on any atom is 0.132 e. The summed E-state index contributed by atoms with van der Waals surface area (Å²) in [5.74, 6) is 0.0267. The number of halogens is 1. The van der Waals surface area contributed by atoms with Gasteiger partial charge in [-0.2, -0.15) is 0 Å². The minimum atomic E-state index is -0.213. The molecule has 0 amide bonds. The lowest BCUT2D eigenvalue weighted by atomic mass is 9.87. The molecule has 0 spiro atoms. The predicted molar refractivity (Wildman–Crippen MR) is 151 cm³/mol. The summed E-state index contributed by atoms with van der Waals surface area (Å²) >= 11 is 0. The van der Waals surface area contributed by atoms with Gasteiger partial charge in [0.15, 0.2) is 0 Å². The fraction of sp³-hybridized carbons (Fsp3) is 0.406. The zero-order valence-corrected chi connectivity index (χ0v) is 22.7. The Balaban J connectivity index is 3.22. The van der Waals surface area contributed by atoms with Gasteiger partial charge in [-0.3, -0.25) is 4.79 Å². The lowest BCUT2D eigenvalue weighted by Gasteiger charge is -2.26. The number of likely N-dealkylation sites (N-methyl/N-ethyl adjacent to an activating group) is 1. The molecule has 1 aromatic carbocycles. The van der Waals surface area contributed by atoms with Crippen molar-refractivity contribution in [2.24, 2.45) is 0 Å². The van der Waals surface area contributed by atoms with Gasteiger partial charge in [-0.15, -0.1) is 0 Å². The number of nitrogens with zero attached hydrogens (tertiary/aromatic N) is 1. The van der Waals surface area contributed by atoms with Crippen molar-refractivity contribution in [3.05, 3.63) is 102 Å². The van der Waals surface area contributed by atoms with Gasteiger partial charge in [0.2, 0.25) is 0 Å². The number of rotatable bonds is 15. The molecule has 3 heteroatoms. The second kappa shape index (κ2) is 15.9. The number of carbonyl (C=O) groups excluding carboxylic acids is 1. The second-order valence-corrected chi connectivity index (χ2v) is 9.14. The average molecular weight is 478 g/mol. The van der Waals surface area contributed by atoms with Crippen molar-refractivity contribution in [3.8, 4) is 0 Å². The number of allylic oxidation sites excluding steroid dienone is 8. The van der Waals surface area contributed by atoms with Crippen molar-refractivity contribution >= 4 is 11.4 Å². The fourth-order valence-corrected chi connectivity index (χ4v) is 3.95. The molecule has 0 aliphatic rings. The van der Waals surface area contributed by atoms with E-state index in [-0.39, 0.29) is 17.6 Å². The highest BCUT2D eigenvalue weighted by molar-refractivity contribution is 5.83. The summed E-state index contributed by atoms with van der Waals surface area (Å²) in [6, 6.07) is 5.46. The molecule has 0 fully saturated rings. The van der Waals surface area contributed by atoms with Crippen molar-refractivity contribution in [1.82, 2.24) is 4.90 Å². The monoisotopic (exact) mass is 477 g/mol. The first kappa shape index (κ1) is 30.1. The van der Waals surface area contributed by atoms with Crippen LogP contribution in [-0.4, -0.2) is 23.8 Å². The molecule has 1 aromatic rings. The number of hydrogen-bond acceptors (Lipinski definition) is 2. The molecule has 190 valence electrons. The Labute approximate surface area is 213 Å². The topological polar surface area (TPSA) is 20.3 Å². The second-order valence-electron chi connectivity index (χ2n) is 9.14. The van der Waals surface area contributed by atoms with Gasteiger partial charge >= 0.3 is 0 Å². The average Bonchev–Trinajstić information content (AvgIpc) is 2.86. The largest absolute Gasteiger partial charge is 0.375 e. The van der Waals surface area contributed by atoms with Gasteiger partial charge in [0, 0.05) is 25.9 Å². The van der Waals surface area contributed by atoms with Crippen molar-refractivity contribution < 1.29 is 9.18 Å². The zero-order chi connectivity index (χ0) is 26.4. The number of carbonyl (C=O) groups is 1. The van der Waals surface area contributed by atoms with Gasteiger partial charge in [0.05, 0.1) is 0 Å². The van der Waals surface area contributed by atoms with Gasteiger partial charge in [-0.25, -0.2) is 4.39 Å². The molecule has 2 nitrogen and oxygen atoms in total. The Morgan fingerprint density at radius 2 is 1.83 bits per heavy atom. The van der Waals surface area contributed by atoms with Gasteiger partial charge in [-0.1, -0.05) is 61.2 Å². The first-order valence-electron chi connectivity index (χ1n) is 12.6.